The van der Waals surface area contributed by atoms with Crippen LogP contribution in [0, 0.1) is 0 Å². The van der Waals surface area contributed by atoms with E-state index in [2.05, 4.69) is 36.2 Å². The van der Waals surface area contributed by atoms with Crippen molar-refractivity contribution in [3.05, 3.63) is 59.3 Å². The fourth-order valence-corrected chi connectivity index (χ4v) is 3.24. The number of hydrogen-bond donors (Lipinski definition) is 3. The number of aromatic nitrogens is 1. The minimum Gasteiger partial charge on any atom is -0.392 e. The molecule has 114 valence electrons. The Kier molecular flexibility index (Phi) is 4.27. The topological polar surface area (TPSA) is 62.0 Å². The molecule has 1 heterocycles. The maximum Gasteiger partial charge on any atom is 0.0687 e. The highest BCUT2D eigenvalue weighted by molar-refractivity contribution is 5.99. The van der Waals surface area contributed by atoms with Gasteiger partial charge >= 0.3 is 0 Å². The number of benzene rings is 2. The van der Waals surface area contributed by atoms with Crippen LogP contribution in [0.25, 0.3) is 22.0 Å². The van der Waals surface area contributed by atoms with Crippen LogP contribution in [0.4, 0.5) is 0 Å². The van der Waals surface area contributed by atoms with Crippen LogP contribution in [0.3, 0.4) is 0 Å². The van der Waals surface area contributed by atoms with Gasteiger partial charge in [0.15, 0.2) is 0 Å². The maximum absolute atomic E-state index is 9.65. The molecule has 0 aliphatic carbocycles. The number of H-pyrrole nitrogens is 1. The Bertz CT molecular complexity index is 789. The van der Waals surface area contributed by atoms with Crippen molar-refractivity contribution in [2.45, 2.75) is 26.4 Å². The Morgan fingerprint density at radius 1 is 1.05 bits per heavy atom. The van der Waals surface area contributed by atoms with Crippen LogP contribution < -0.4 is 5.73 Å². The van der Waals surface area contributed by atoms with E-state index in [-0.39, 0.29) is 6.61 Å². The summed E-state index contributed by atoms with van der Waals surface area (Å²) in [7, 11) is 0. The van der Waals surface area contributed by atoms with Gasteiger partial charge in [0.25, 0.3) is 0 Å². The van der Waals surface area contributed by atoms with Crippen LogP contribution in [0.5, 0.6) is 0 Å². The van der Waals surface area contributed by atoms with Gasteiger partial charge in [-0.15, -0.1) is 0 Å². The van der Waals surface area contributed by atoms with E-state index in [0.29, 0.717) is 6.54 Å². The average molecular weight is 294 g/mol. The van der Waals surface area contributed by atoms with Gasteiger partial charge in [-0.25, -0.2) is 0 Å². The Balaban J connectivity index is 2.32. The van der Waals surface area contributed by atoms with Crippen molar-refractivity contribution in [3.63, 3.8) is 0 Å². The number of aliphatic hydroxyl groups is 1. The summed E-state index contributed by atoms with van der Waals surface area (Å²) in [6, 6.07) is 14.3. The predicted molar refractivity (Wildman–Crippen MR) is 91.8 cm³/mol. The van der Waals surface area contributed by atoms with E-state index in [1.807, 2.05) is 18.2 Å². The number of nitrogens with two attached hydrogens (primary N) is 1. The van der Waals surface area contributed by atoms with Crippen LogP contribution in [-0.2, 0) is 19.4 Å². The molecule has 0 aliphatic rings. The molecule has 3 heteroatoms. The Hall–Kier alpha value is -2.10. The Morgan fingerprint density at radius 3 is 2.55 bits per heavy atom. The van der Waals surface area contributed by atoms with Gasteiger partial charge in [-0.3, -0.25) is 0 Å². The molecule has 22 heavy (non-hydrogen) atoms. The van der Waals surface area contributed by atoms with Crippen molar-refractivity contribution in [1.29, 1.82) is 0 Å². The first-order chi connectivity index (χ1) is 10.8. The fraction of sp³-hybridized carbons (Fsp3) is 0.263. The summed E-state index contributed by atoms with van der Waals surface area (Å²) >= 11 is 0. The zero-order chi connectivity index (χ0) is 15.5. The van der Waals surface area contributed by atoms with E-state index < -0.39 is 0 Å². The van der Waals surface area contributed by atoms with E-state index in [9.17, 15) is 5.11 Å². The summed E-state index contributed by atoms with van der Waals surface area (Å²) in [5.74, 6) is 0. The second-order valence-corrected chi connectivity index (χ2v) is 5.52. The van der Waals surface area contributed by atoms with Gasteiger partial charge in [-0.2, -0.15) is 0 Å². The first-order valence-electron chi connectivity index (χ1n) is 7.81. The lowest BCUT2D eigenvalue weighted by atomic mass is 9.94. The molecule has 3 aromatic rings. The number of aromatic amines is 1. The molecule has 0 aliphatic heterocycles. The molecular weight excluding hydrogens is 272 g/mol. The first-order valence-corrected chi connectivity index (χ1v) is 7.81. The lowest BCUT2D eigenvalue weighted by Gasteiger charge is -2.11. The number of fused-ring (bicyclic) bond motifs is 1. The average Bonchev–Trinajstić information content (AvgIpc) is 2.93. The summed E-state index contributed by atoms with van der Waals surface area (Å²) in [6.45, 7) is 2.84. The second kappa shape index (κ2) is 6.34. The van der Waals surface area contributed by atoms with E-state index in [4.69, 9.17) is 5.73 Å². The van der Waals surface area contributed by atoms with Crippen LogP contribution in [0.2, 0.25) is 0 Å². The van der Waals surface area contributed by atoms with E-state index in [1.165, 1.54) is 22.2 Å². The third-order valence-corrected chi connectivity index (χ3v) is 4.24. The number of hydrogen-bond acceptors (Lipinski definition) is 2. The molecule has 0 spiro atoms. The van der Waals surface area contributed by atoms with E-state index in [0.717, 1.165) is 29.5 Å². The summed E-state index contributed by atoms with van der Waals surface area (Å²) in [6.07, 6.45) is 1.83. The molecule has 3 nitrogen and oxygen atoms in total. The van der Waals surface area contributed by atoms with Gasteiger partial charge in [-0.1, -0.05) is 43.3 Å². The molecule has 0 radical (unpaired) electrons. The zero-order valence-electron chi connectivity index (χ0n) is 12.9. The number of aliphatic hydroxyl groups excluding tert-OH is 1. The van der Waals surface area contributed by atoms with Crippen LogP contribution >= 0.6 is 0 Å². The van der Waals surface area contributed by atoms with Gasteiger partial charge in [0.05, 0.1) is 6.61 Å². The molecule has 4 N–H and O–H groups in total. The molecule has 3 rings (SSSR count). The molecule has 0 atom stereocenters. The molecule has 1 aromatic heterocycles. The van der Waals surface area contributed by atoms with Crippen LogP contribution in [-0.4, -0.2) is 16.6 Å². The first kappa shape index (κ1) is 14.8. The standard InChI is InChI=1S/C19H22N2O/c1-2-17-16(10-11-20)19-15(8-5-9-18(19)21-17)14-7-4-3-6-13(14)12-22/h3-9,21-22H,2,10-12,20H2,1H3. The normalized spacial score (nSPS) is 11.2. The highest BCUT2D eigenvalue weighted by Crippen LogP contribution is 2.35. The van der Waals surface area contributed by atoms with Gasteiger partial charge in [-0.05, 0) is 47.7 Å². The van der Waals surface area contributed by atoms with E-state index in [1.54, 1.807) is 0 Å². The minimum absolute atomic E-state index is 0.0455. The maximum atomic E-state index is 9.65. The molecule has 2 aromatic carbocycles. The molecule has 0 saturated carbocycles. The van der Waals surface area contributed by atoms with Gasteiger partial charge in [0, 0.05) is 16.6 Å². The SMILES string of the molecule is CCc1[nH]c2cccc(-c3ccccc3CO)c2c1CCN. The Morgan fingerprint density at radius 2 is 1.82 bits per heavy atom. The summed E-state index contributed by atoms with van der Waals surface area (Å²) < 4.78 is 0. The molecule has 0 bridgehead atoms. The van der Waals surface area contributed by atoms with Crippen molar-refractivity contribution in [2.75, 3.05) is 6.54 Å². The van der Waals surface area contributed by atoms with Crippen molar-refractivity contribution in [3.8, 4) is 11.1 Å². The quantitative estimate of drug-likeness (QED) is 0.675. The highest BCUT2D eigenvalue weighted by Gasteiger charge is 2.15. The van der Waals surface area contributed by atoms with Crippen molar-refractivity contribution in [2.24, 2.45) is 5.73 Å². The summed E-state index contributed by atoms with van der Waals surface area (Å²) in [5.41, 5.74) is 12.7. The number of rotatable bonds is 5. The molecular formula is C19H22N2O. The minimum atomic E-state index is 0.0455. The largest absolute Gasteiger partial charge is 0.392 e. The monoisotopic (exact) mass is 294 g/mol. The molecule has 0 saturated heterocycles. The third-order valence-electron chi connectivity index (χ3n) is 4.24. The molecule has 0 amide bonds. The molecule has 0 fully saturated rings. The molecule has 0 unspecified atom stereocenters. The predicted octanol–water partition coefficient (Wildman–Crippen LogP) is 3.39. The van der Waals surface area contributed by atoms with Crippen molar-refractivity contribution < 1.29 is 5.11 Å². The highest BCUT2D eigenvalue weighted by atomic mass is 16.3. The summed E-state index contributed by atoms with van der Waals surface area (Å²) in [5, 5.41) is 10.9. The fourth-order valence-electron chi connectivity index (χ4n) is 3.24. The number of aryl methyl sites for hydroxylation is 1. The van der Waals surface area contributed by atoms with E-state index >= 15 is 0 Å². The smallest absolute Gasteiger partial charge is 0.0687 e. The van der Waals surface area contributed by atoms with Crippen LogP contribution in [0.15, 0.2) is 42.5 Å². The van der Waals surface area contributed by atoms with Gasteiger partial charge in [0.2, 0.25) is 0 Å². The Labute approximate surface area is 130 Å². The van der Waals surface area contributed by atoms with Crippen molar-refractivity contribution >= 4 is 10.9 Å². The van der Waals surface area contributed by atoms with Gasteiger partial charge in [0.1, 0.15) is 0 Å². The lowest BCUT2D eigenvalue weighted by molar-refractivity contribution is 0.282. The second-order valence-electron chi connectivity index (χ2n) is 5.52. The van der Waals surface area contributed by atoms with Crippen LogP contribution in [0.1, 0.15) is 23.7 Å². The third kappa shape index (κ3) is 2.43. The summed E-state index contributed by atoms with van der Waals surface area (Å²) in [4.78, 5) is 3.53. The lowest BCUT2D eigenvalue weighted by Crippen LogP contribution is -2.04. The van der Waals surface area contributed by atoms with Gasteiger partial charge < -0.3 is 15.8 Å². The number of nitrogens with one attached hydrogen (secondary N) is 1. The zero-order valence-corrected chi connectivity index (χ0v) is 12.9. The van der Waals surface area contributed by atoms with Crippen molar-refractivity contribution in [1.82, 2.24) is 4.98 Å².